The van der Waals surface area contributed by atoms with Crippen LogP contribution in [0.1, 0.15) is 50.2 Å². The van der Waals surface area contributed by atoms with Gasteiger partial charge in [0.05, 0.1) is 0 Å². The van der Waals surface area contributed by atoms with E-state index in [-0.39, 0.29) is 24.4 Å². The van der Waals surface area contributed by atoms with Gasteiger partial charge >= 0.3 is 0 Å². The van der Waals surface area contributed by atoms with Crippen molar-refractivity contribution in [2.75, 3.05) is 5.75 Å². The predicted molar refractivity (Wildman–Crippen MR) is 133 cm³/mol. The first-order valence-corrected chi connectivity index (χ1v) is 12.8. The van der Waals surface area contributed by atoms with Crippen molar-refractivity contribution in [2.45, 2.75) is 69.5 Å². The first-order valence-electron chi connectivity index (χ1n) is 11.1. The minimum Gasteiger partial charge on any atom is -0.352 e. The maximum absolute atomic E-state index is 13.2. The van der Waals surface area contributed by atoms with Crippen molar-refractivity contribution < 1.29 is 9.59 Å². The van der Waals surface area contributed by atoms with Crippen molar-refractivity contribution in [3.05, 3.63) is 63.6 Å². The number of hydrogen-bond donors (Lipinski definition) is 1. The number of nitrogens with zero attached hydrogens (tertiary/aromatic N) is 1. The van der Waals surface area contributed by atoms with Crippen molar-refractivity contribution in [1.82, 2.24) is 10.2 Å². The summed E-state index contributed by atoms with van der Waals surface area (Å²) in [4.78, 5) is 28.9. The van der Waals surface area contributed by atoms with E-state index < -0.39 is 6.04 Å². The molecule has 7 heteroatoms. The highest BCUT2D eigenvalue weighted by atomic mass is 35.5. The number of halogens is 2. The Balaban J connectivity index is 1.70. The summed E-state index contributed by atoms with van der Waals surface area (Å²) in [5.41, 5.74) is 1.87. The normalized spacial score (nSPS) is 14.9. The van der Waals surface area contributed by atoms with Gasteiger partial charge < -0.3 is 10.2 Å². The molecule has 0 aromatic heterocycles. The van der Waals surface area contributed by atoms with Gasteiger partial charge in [0.25, 0.3) is 0 Å². The Bertz CT molecular complexity index is 910. The molecule has 1 N–H and O–H groups in total. The van der Waals surface area contributed by atoms with E-state index in [1.165, 1.54) is 5.56 Å². The molecule has 1 atom stereocenters. The lowest BCUT2D eigenvalue weighted by molar-refractivity contribution is -0.140. The summed E-state index contributed by atoms with van der Waals surface area (Å²) in [7, 11) is 0. The monoisotopic (exact) mass is 492 g/mol. The van der Waals surface area contributed by atoms with Gasteiger partial charge in [0.15, 0.2) is 0 Å². The lowest BCUT2D eigenvalue weighted by Gasteiger charge is -2.30. The number of hydrogen-bond acceptors (Lipinski definition) is 3. The third kappa shape index (κ3) is 6.90. The third-order valence-electron chi connectivity index (χ3n) is 5.86. The molecule has 1 aliphatic carbocycles. The van der Waals surface area contributed by atoms with Crippen molar-refractivity contribution in [1.29, 1.82) is 0 Å². The van der Waals surface area contributed by atoms with Crippen LogP contribution in [0.3, 0.4) is 0 Å². The highest BCUT2D eigenvalue weighted by Crippen LogP contribution is 2.27. The maximum Gasteiger partial charge on any atom is 0.242 e. The standard InChI is InChI=1S/C25H30Cl2N2O2S/c1-17-10-12-20(13-11-17)32-15-14-24(30)29(16-21-22(26)8-5-9-23(21)27)18(2)25(31)28-19-6-3-4-7-19/h5,8-13,18-19H,3-4,6-7,14-16H2,1-2H3,(H,28,31)/t18-/m0/s1. The van der Waals surface area contributed by atoms with Gasteiger partial charge in [-0.1, -0.05) is 59.8 Å². The van der Waals surface area contributed by atoms with E-state index in [1.807, 2.05) is 6.92 Å². The summed E-state index contributed by atoms with van der Waals surface area (Å²) < 4.78 is 0. The highest BCUT2D eigenvalue weighted by molar-refractivity contribution is 7.99. The Labute approximate surface area is 205 Å². The van der Waals surface area contributed by atoms with Crippen molar-refractivity contribution in [3.8, 4) is 0 Å². The molecule has 172 valence electrons. The molecule has 0 radical (unpaired) electrons. The number of amides is 2. The number of rotatable bonds is 9. The minimum absolute atomic E-state index is 0.0883. The highest BCUT2D eigenvalue weighted by Gasteiger charge is 2.29. The topological polar surface area (TPSA) is 49.4 Å². The molecule has 1 saturated carbocycles. The third-order valence-corrected chi connectivity index (χ3v) is 7.59. The van der Waals surface area contributed by atoms with E-state index in [1.54, 1.807) is 41.8 Å². The zero-order chi connectivity index (χ0) is 23.1. The molecule has 3 rings (SSSR count). The van der Waals surface area contributed by atoms with Crippen LogP contribution in [-0.4, -0.2) is 34.6 Å². The van der Waals surface area contributed by atoms with Gasteiger partial charge in [0.1, 0.15) is 6.04 Å². The molecule has 0 bridgehead atoms. The Hall–Kier alpha value is -1.69. The summed E-state index contributed by atoms with van der Waals surface area (Å²) in [6.45, 7) is 4.03. The fraction of sp³-hybridized carbons (Fsp3) is 0.440. The Morgan fingerprint density at radius 2 is 1.72 bits per heavy atom. The Morgan fingerprint density at radius 3 is 2.34 bits per heavy atom. The number of nitrogens with one attached hydrogen (secondary N) is 1. The van der Waals surface area contributed by atoms with Gasteiger partial charge in [-0.05, 0) is 51.0 Å². The van der Waals surface area contributed by atoms with Crippen molar-refractivity contribution in [2.24, 2.45) is 0 Å². The molecule has 32 heavy (non-hydrogen) atoms. The molecule has 0 unspecified atom stereocenters. The fourth-order valence-electron chi connectivity index (χ4n) is 3.86. The van der Waals surface area contributed by atoms with Gasteiger partial charge in [-0.15, -0.1) is 11.8 Å². The molecule has 0 heterocycles. The number of thioether (sulfide) groups is 1. The minimum atomic E-state index is -0.611. The van der Waals surface area contributed by atoms with Crippen LogP contribution in [0, 0.1) is 6.92 Å². The molecule has 2 aromatic carbocycles. The molecule has 2 amide bonds. The lowest BCUT2D eigenvalue weighted by Crippen LogP contribution is -2.49. The second-order valence-electron chi connectivity index (χ2n) is 8.30. The molecular formula is C25H30Cl2N2O2S. The number of carbonyl (C=O) groups is 2. The van der Waals surface area contributed by atoms with Crippen molar-refractivity contribution >= 4 is 46.8 Å². The summed E-state index contributed by atoms with van der Waals surface area (Å²) in [5, 5.41) is 4.10. The van der Waals surface area contributed by atoms with Gasteiger partial charge in [0, 0.05) is 45.3 Å². The SMILES string of the molecule is Cc1ccc(SCCC(=O)N(Cc2c(Cl)cccc2Cl)[C@@H](C)C(=O)NC2CCCC2)cc1. The fourth-order valence-corrected chi connectivity index (χ4v) is 5.22. The molecule has 2 aromatic rings. The zero-order valence-electron chi connectivity index (χ0n) is 18.6. The van der Waals surface area contributed by atoms with E-state index >= 15 is 0 Å². The molecular weight excluding hydrogens is 463 g/mol. The molecule has 1 aliphatic rings. The van der Waals surface area contributed by atoms with Gasteiger partial charge in [-0.3, -0.25) is 9.59 Å². The summed E-state index contributed by atoms with van der Waals surface area (Å²) >= 11 is 14.4. The molecule has 0 aliphatic heterocycles. The Kier molecular flexibility index (Phi) is 9.33. The van der Waals surface area contributed by atoms with E-state index in [4.69, 9.17) is 23.2 Å². The van der Waals surface area contributed by atoms with E-state index in [0.29, 0.717) is 27.8 Å². The van der Waals surface area contributed by atoms with E-state index in [2.05, 4.69) is 29.6 Å². The molecule has 4 nitrogen and oxygen atoms in total. The smallest absolute Gasteiger partial charge is 0.242 e. The average Bonchev–Trinajstić information content (AvgIpc) is 3.27. The summed E-state index contributed by atoms with van der Waals surface area (Å²) in [6.07, 6.45) is 4.58. The average molecular weight is 494 g/mol. The van der Waals surface area contributed by atoms with Crippen LogP contribution in [-0.2, 0) is 16.1 Å². The summed E-state index contributed by atoms with van der Waals surface area (Å²) in [5.74, 6) is 0.417. The van der Waals surface area contributed by atoms with Crippen LogP contribution in [0.5, 0.6) is 0 Å². The number of carbonyl (C=O) groups excluding carboxylic acids is 2. The van der Waals surface area contributed by atoms with Crippen LogP contribution < -0.4 is 5.32 Å². The van der Waals surface area contributed by atoms with Crippen LogP contribution >= 0.6 is 35.0 Å². The van der Waals surface area contributed by atoms with Crippen LogP contribution in [0.15, 0.2) is 47.4 Å². The van der Waals surface area contributed by atoms with Crippen molar-refractivity contribution in [3.63, 3.8) is 0 Å². The molecule has 0 spiro atoms. The Morgan fingerprint density at radius 1 is 1.09 bits per heavy atom. The quantitative estimate of drug-likeness (QED) is 0.420. The largest absolute Gasteiger partial charge is 0.352 e. The van der Waals surface area contributed by atoms with Gasteiger partial charge in [-0.2, -0.15) is 0 Å². The van der Waals surface area contributed by atoms with E-state index in [9.17, 15) is 9.59 Å². The second-order valence-corrected chi connectivity index (χ2v) is 10.3. The first kappa shape index (κ1) is 24.9. The zero-order valence-corrected chi connectivity index (χ0v) is 20.9. The van der Waals surface area contributed by atoms with Gasteiger partial charge in [-0.25, -0.2) is 0 Å². The number of aryl methyl sites for hydroxylation is 1. The lowest BCUT2D eigenvalue weighted by atomic mass is 10.1. The second kappa shape index (κ2) is 12.0. The van der Waals surface area contributed by atoms with E-state index in [0.717, 1.165) is 30.6 Å². The van der Waals surface area contributed by atoms with Gasteiger partial charge in [0.2, 0.25) is 11.8 Å². The predicted octanol–water partition coefficient (Wildman–Crippen LogP) is 6.26. The van der Waals surface area contributed by atoms with Crippen LogP contribution in [0.4, 0.5) is 0 Å². The number of benzene rings is 2. The first-order chi connectivity index (χ1) is 15.3. The summed E-state index contributed by atoms with van der Waals surface area (Å²) in [6, 6.07) is 13.1. The maximum atomic E-state index is 13.2. The van der Waals surface area contributed by atoms with Crippen LogP contribution in [0.2, 0.25) is 10.0 Å². The van der Waals surface area contributed by atoms with Crippen LogP contribution in [0.25, 0.3) is 0 Å². The molecule has 1 fully saturated rings. The molecule has 0 saturated heterocycles.